The van der Waals surface area contributed by atoms with Crippen molar-refractivity contribution in [3.05, 3.63) is 35.4 Å². The Morgan fingerprint density at radius 2 is 1.64 bits per heavy atom. The van der Waals surface area contributed by atoms with Gasteiger partial charge < -0.3 is 15.4 Å². The van der Waals surface area contributed by atoms with Crippen molar-refractivity contribution in [1.29, 1.82) is 0 Å². The summed E-state index contributed by atoms with van der Waals surface area (Å²) in [5.74, 6) is 0.172. The Hall–Kier alpha value is -2.41. The van der Waals surface area contributed by atoms with Crippen molar-refractivity contribution in [2.45, 2.75) is 44.6 Å². The predicted octanol–water partition coefficient (Wildman–Crippen LogP) is 2.19. The van der Waals surface area contributed by atoms with Crippen LogP contribution >= 0.6 is 0 Å². The Balaban J connectivity index is 1.36. The normalized spacial score (nSPS) is 18.2. The van der Waals surface area contributed by atoms with E-state index in [0.29, 0.717) is 49.4 Å². The average molecular weight is 386 g/mol. The molecule has 152 valence electrons. The minimum absolute atomic E-state index is 0.234. The van der Waals surface area contributed by atoms with E-state index >= 15 is 0 Å². The van der Waals surface area contributed by atoms with Crippen molar-refractivity contribution in [2.24, 2.45) is 4.99 Å². The Kier molecular flexibility index (Phi) is 7.42. The van der Waals surface area contributed by atoms with Gasteiger partial charge in [-0.15, -0.1) is 0 Å². The number of hydrogen-bond donors (Lipinski definition) is 2. The van der Waals surface area contributed by atoms with Crippen LogP contribution in [-0.2, 0) is 4.74 Å². The second-order valence-electron chi connectivity index (χ2n) is 7.22. The van der Waals surface area contributed by atoms with Gasteiger partial charge in [0.05, 0.1) is 23.8 Å². The molecule has 1 aliphatic carbocycles. The van der Waals surface area contributed by atoms with Crippen molar-refractivity contribution < 1.29 is 14.3 Å². The molecule has 0 unspecified atom stereocenters. The molecule has 0 bridgehead atoms. The van der Waals surface area contributed by atoms with Gasteiger partial charge in [-0.3, -0.25) is 19.5 Å². The van der Waals surface area contributed by atoms with Crippen LogP contribution in [0.1, 0.15) is 59.2 Å². The lowest BCUT2D eigenvalue weighted by Gasteiger charge is -2.18. The molecule has 28 heavy (non-hydrogen) atoms. The fourth-order valence-corrected chi connectivity index (χ4v) is 3.75. The predicted molar refractivity (Wildman–Crippen MR) is 109 cm³/mol. The van der Waals surface area contributed by atoms with Gasteiger partial charge >= 0.3 is 0 Å². The molecule has 3 rings (SSSR count). The molecule has 1 heterocycles. The standard InChI is InChI=1S/C21H30N4O3/c1-22-21(24-13-15-28-16-8-4-2-3-5-9-16)23-12-14-25-19(26)17-10-6-7-11-18(17)20(25)27/h6-7,10-11,16H,2-5,8-9,12-15H2,1H3,(H2,22,23,24). The molecular formula is C21H30N4O3. The summed E-state index contributed by atoms with van der Waals surface area (Å²) in [6.45, 7) is 2.05. The molecule has 2 amide bonds. The molecule has 7 heteroatoms. The minimum Gasteiger partial charge on any atom is -0.376 e. The molecule has 0 saturated heterocycles. The fraction of sp³-hybridized carbons (Fsp3) is 0.571. The highest BCUT2D eigenvalue weighted by atomic mass is 16.5. The zero-order valence-electron chi connectivity index (χ0n) is 16.6. The molecule has 1 saturated carbocycles. The molecule has 0 atom stereocenters. The number of fused-ring (bicyclic) bond motifs is 1. The summed E-state index contributed by atoms with van der Waals surface area (Å²) in [7, 11) is 1.70. The van der Waals surface area contributed by atoms with Crippen LogP contribution < -0.4 is 10.6 Å². The molecule has 1 fully saturated rings. The third-order valence-corrected chi connectivity index (χ3v) is 5.28. The number of ether oxygens (including phenoxy) is 1. The molecule has 2 N–H and O–H groups in total. The summed E-state index contributed by atoms with van der Waals surface area (Å²) in [6, 6.07) is 6.93. The number of imide groups is 1. The number of amides is 2. The van der Waals surface area contributed by atoms with E-state index in [1.165, 1.54) is 30.6 Å². The molecule has 1 aromatic carbocycles. The highest BCUT2D eigenvalue weighted by Gasteiger charge is 2.34. The lowest BCUT2D eigenvalue weighted by molar-refractivity contribution is 0.0468. The molecule has 2 aliphatic rings. The number of nitrogens with zero attached hydrogens (tertiary/aromatic N) is 2. The van der Waals surface area contributed by atoms with Crippen molar-refractivity contribution >= 4 is 17.8 Å². The number of aliphatic imine (C=N–C) groups is 1. The summed E-state index contributed by atoms with van der Waals surface area (Å²) in [5.41, 5.74) is 0.955. The largest absolute Gasteiger partial charge is 0.376 e. The minimum atomic E-state index is -0.234. The topological polar surface area (TPSA) is 83.0 Å². The lowest BCUT2D eigenvalue weighted by Crippen LogP contribution is -2.43. The number of hydrogen-bond acceptors (Lipinski definition) is 4. The van der Waals surface area contributed by atoms with E-state index in [9.17, 15) is 9.59 Å². The zero-order chi connectivity index (χ0) is 19.8. The quantitative estimate of drug-likeness (QED) is 0.247. The van der Waals surface area contributed by atoms with Crippen LogP contribution in [0, 0.1) is 0 Å². The zero-order valence-corrected chi connectivity index (χ0v) is 16.6. The molecule has 0 radical (unpaired) electrons. The van der Waals surface area contributed by atoms with Gasteiger partial charge in [-0.05, 0) is 25.0 Å². The maximum atomic E-state index is 12.4. The van der Waals surface area contributed by atoms with Gasteiger partial charge in [-0.1, -0.05) is 37.8 Å². The van der Waals surface area contributed by atoms with Crippen LogP contribution in [0.15, 0.2) is 29.3 Å². The number of guanidine groups is 1. The van der Waals surface area contributed by atoms with Crippen molar-refractivity contribution in [3.63, 3.8) is 0 Å². The van der Waals surface area contributed by atoms with Gasteiger partial charge in [-0.25, -0.2) is 0 Å². The summed E-state index contributed by atoms with van der Waals surface area (Å²) in [6.07, 6.45) is 7.87. The van der Waals surface area contributed by atoms with Gasteiger partial charge in [0.1, 0.15) is 0 Å². The average Bonchev–Trinajstić information content (AvgIpc) is 2.90. The van der Waals surface area contributed by atoms with Crippen molar-refractivity contribution in [1.82, 2.24) is 15.5 Å². The number of rotatable bonds is 7. The van der Waals surface area contributed by atoms with Crippen LogP contribution in [0.5, 0.6) is 0 Å². The first-order chi connectivity index (χ1) is 13.7. The van der Waals surface area contributed by atoms with E-state index in [-0.39, 0.29) is 11.8 Å². The van der Waals surface area contributed by atoms with E-state index in [1.54, 1.807) is 31.3 Å². The van der Waals surface area contributed by atoms with E-state index in [0.717, 1.165) is 12.8 Å². The van der Waals surface area contributed by atoms with E-state index < -0.39 is 0 Å². The van der Waals surface area contributed by atoms with Crippen LogP contribution in [0.25, 0.3) is 0 Å². The fourth-order valence-electron chi connectivity index (χ4n) is 3.75. The SMILES string of the molecule is CN=C(NCCOC1CCCCCC1)NCCN1C(=O)c2ccccc2C1=O. The van der Waals surface area contributed by atoms with Gasteiger partial charge in [0.25, 0.3) is 11.8 Å². The Morgan fingerprint density at radius 3 is 2.25 bits per heavy atom. The molecular weight excluding hydrogens is 356 g/mol. The molecule has 7 nitrogen and oxygen atoms in total. The Bertz CT molecular complexity index is 676. The number of nitrogens with one attached hydrogen (secondary N) is 2. The van der Waals surface area contributed by atoms with Crippen molar-refractivity contribution in [3.8, 4) is 0 Å². The van der Waals surface area contributed by atoms with Gasteiger partial charge in [0, 0.05) is 26.7 Å². The molecule has 1 aliphatic heterocycles. The smallest absolute Gasteiger partial charge is 0.261 e. The van der Waals surface area contributed by atoms with E-state index in [1.807, 2.05) is 0 Å². The third kappa shape index (κ3) is 5.10. The summed E-state index contributed by atoms with van der Waals surface area (Å²) in [5, 5.41) is 6.36. The van der Waals surface area contributed by atoms with Gasteiger partial charge in [-0.2, -0.15) is 0 Å². The maximum absolute atomic E-state index is 12.4. The number of benzene rings is 1. The summed E-state index contributed by atoms with van der Waals surface area (Å²) in [4.78, 5) is 30.2. The van der Waals surface area contributed by atoms with Crippen LogP contribution in [-0.4, -0.2) is 62.1 Å². The van der Waals surface area contributed by atoms with Gasteiger partial charge in [0.2, 0.25) is 0 Å². The summed E-state index contributed by atoms with van der Waals surface area (Å²) >= 11 is 0. The Morgan fingerprint density at radius 1 is 1.04 bits per heavy atom. The first-order valence-electron chi connectivity index (χ1n) is 10.2. The van der Waals surface area contributed by atoms with Crippen LogP contribution in [0.4, 0.5) is 0 Å². The first kappa shape index (κ1) is 20.3. The lowest BCUT2D eigenvalue weighted by atomic mass is 10.1. The van der Waals surface area contributed by atoms with Gasteiger partial charge in [0.15, 0.2) is 5.96 Å². The molecule has 0 aromatic heterocycles. The first-order valence-corrected chi connectivity index (χ1v) is 10.2. The van der Waals surface area contributed by atoms with Crippen LogP contribution in [0.3, 0.4) is 0 Å². The van der Waals surface area contributed by atoms with Crippen LogP contribution in [0.2, 0.25) is 0 Å². The monoisotopic (exact) mass is 386 g/mol. The second kappa shape index (κ2) is 10.2. The highest BCUT2D eigenvalue weighted by Crippen LogP contribution is 2.22. The molecule has 1 aromatic rings. The number of carbonyl (C=O) groups is 2. The van der Waals surface area contributed by atoms with Crippen molar-refractivity contribution in [2.75, 3.05) is 33.3 Å². The van der Waals surface area contributed by atoms with E-state index in [2.05, 4.69) is 15.6 Å². The maximum Gasteiger partial charge on any atom is 0.261 e. The highest BCUT2D eigenvalue weighted by molar-refractivity contribution is 6.21. The second-order valence-corrected chi connectivity index (χ2v) is 7.22. The Labute approximate surface area is 166 Å². The number of carbonyl (C=O) groups excluding carboxylic acids is 2. The third-order valence-electron chi connectivity index (χ3n) is 5.28. The summed E-state index contributed by atoms with van der Waals surface area (Å²) < 4.78 is 5.96. The van der Waals surface area contributed by atoms with E-state index in [4.69, 9.17) is 4.74 Å². The molecule has 0 spiro atoms.